The quantitative estimate of drug-likeness (QED) is 0.675. The van der Waals surface area contributed by atoms with Crippen LogP contribution in [-0.4, -0.2) is 28.1 Å². The first kappa shape index (κ1) is 16.7. The van der Waals surface area contributed by atoms with Crippen molar-refractivity contribution in [1.29, 1.82) is 0 Å². The van der Waals surface area contributed by atoms with Gasteiger partial charge >= 0.3 is 0 Å². The van der Waals surface area contributed by atoms with E-state index in [0.717, 1.165) is 37.3 Å². The lowest BCUT2D eigenvalue weighted by atomic mass is 9.87. The van der Waals surface area contributed by atoms with Crippen molar-refractivity contribution in [3.05, 3.63) is 63.3 Å². The van der Waals surface area contributed by atoms with E-state index in [9.17, 15) is 15.2 Å². The molecule has 0 spiro atoms. The van der Waals surface area contributed by atoms with Gasteiger partial charge in [-0.2, -0.15) is 0 Å². The van der Waals surface area contributed by atoms with Crippen molar-refractivity contribution in [1.82, 2.24) is 4.98 Å². The van der Waals surface area contributed by atoms with Gasteiger partial charge in [0.05, 0.1) is 11.0 Å². The molecule has 1 saturated heterocycles. The maximum absolute atomic E-state index is 10.7. The number of hydrogen-bond donors (Lipinski definition) is 1. The van der Waals surface area contributed by atoms with Crippen LogP contribution in [0, 0.1) is 16.0 Å². The van der Waals surface area contributed by atoms with Crippen molar-refractivity contribution >= 4 is 23.1 Å². The lowest BCUT2D eigenvalue weighted by Crippen LogP contribution is -2.36. The average molecular weight is 348 g/mol. The minimum Gasteiger partial charge on any atom is -0.388 e. The van der Waals surface area contributed by atoms with Crippen LogP contribution in [0.25, 0.3) is 0 Å². The van der Waals surface area contributed by atoms with E-state index in [1.807, 2.05) is 12.1 Å². The van der Waals surface area contributed by atoms with Crippen LogP contribution in [0.3, 0.4) is 0 Å². The van der Waals surface area contributed by atoms with E-state index >= 15 is 0 Å². The standard InChI is InChI=1S/C17H18ClN3O3/c18-14-3-1-12(2-4-14)17(22)13-7-9-20(10-8-13)16-6-5-15(11-19-16)21(23)24/h1-6,11,13,17,22H,7-10H2. The van der Waals surface area contributed by atoms with Gasteiger partial charge in [0.25, 0.3) is 5.69 Å². The summed E-state index contributed by atoms with van der Waals surface area (Å²) in [4.78, 5) is 16.5. The van der Waals surface area contributed by atoms with Crippen molar-refractivity contribution in [3.63, 3.8) is 0 Å². The topological polar surface area (TPSA) is 79.5 Å². The van der Waals surface area contributed by atoms with Crippen LogP contribution >= 0.6 is 11.6 Å². The molecule has 1 atom stereocenters. The number of nitrogens with zero attached hydrogens (tertiary/aromatic N) is 3. The molecular formula is C17H18ClN3O3. The molecule has 1 aliphatic heterocycles. The van der Waals surface area contributed by atoms with Crippen molar-refractivity contribution in [2.75, 3.05) is 18.0 Å². The van der Waals surface area contributed by atoms with Gasteiger partial charge in [0.1, 0.15) is 12.0 Å². The maximum Gasteiger partial charge on any atom is 0.287 e. The first-order chi connectivity index (χ1) is 11.5. The molecule has 6 nitrogen and oxygen atoms in total. The number of aliphatic hydroxyl groups is 1. The summed E-state index contributed by atoms with van der Waals surface area (Å²) < 4.78 is 0. The lowest BCUT2D eigenvalue weighted by molar-refractivity contribution is -0.385. The van der Waals surface area contributed by atoms with Crippen LogP contribution in [0.15, 0.2) is 42.6 Å². The van der Waals surface area contributed by atoms with Crippen LogP contribution in [0.4, 0.5) is 11.5 Å². The number of hydrogen-bond acceptors (Lipinski definition) is 5. The van der Waals surface area contributed by atoms with Gasteiger partial charge in [0.2, 0.25) is 0 Å². The predicted molar refractivity (Wildman–Crippen MR) is 92.2 cm³/mol. The summed E-state index contributed by atoms with van der Waals surface area (Å²) in [5.74, 6) is 0.917. The highest BCUT2D eigenvalue weighted by Gasteiger charge is 2.27. The van der Waals surface area contributed by atoms with Gasteiger partial charge < -0.3 is 10.0 Å². The Hall–Kier alpha value is -2.18. The summed E-state index contributed by atoms with van der Waals surface area (Å²) in [5, 5.41) is 21.9. The summed E-state index contributed by atoms with van der Waals surface area (Å²) >= 11 is 5.88. The number of anilines is 1. The first-order valence-electron chi connectivity index (χ1n) is 7.83. The van der Waals surface area contributed by atoms with Crippen LogP contribution in [-0.2, 0) is 0 Å². The van der Waals surface area contributed by atoms with Crippen molar-refractivity contribution in [2.45, 2.75) is 18.9 Å². The van der Waals surface area contributed by atoms with Crippen molar-refractivity contribution < 1.29 is 10.0 Å². The molecule has 126 valence electrons. The van der Waals surface area contributed by atoms with E-state index in [1.54, 1.807) is 18.2 Å². The van der Waals surface area contributed by atoms with Gasteiger partial charge in [-0.3, -0.25) is 10.1 Å². The second kappa shape index (κ2) is 7.15. The number of nitro groups is 1. The summed E-state index contributed by atoms with van der Waals surface area (Å²) in [6, 6.07) is 10.4. The molecule has 1 aromatic carbocycles. The Morgan fingerprint density at radius 2 is 1.88 bits per heavy atom. The van der Waals surface area contributed by atoms with Gasteiger partial charge in [0, 0.05) is 24.2 Å². The molecule has 2 heterocycles. The second-order valence-corrected chi connectivity index (χ2v) is 6.39. The second-order valence-electron chi connectivity index (χ2n) is 5.95. The fraction of sp³-hybridized carbons (Fsp3) is 0.353. The minimum absolute atomic E-state index is 0.00760. The largest absolute Gasteiger partial charge is 0.388 e. The summed E-state index contributed by atoms with van der Waals surface area (Å²) in [7, 11) is 0. The highest BCUT2D eigenvalue weighted by molar-refractivity contribution is 6.30. The molecule has 2 aromatic rings. The summed E-state index contributed by atoms with van der Waals surface area (Å²) in [6.07, 6.45) is 2.45. The number of rotatable bonds is 4. The van der Waals surface area contributed by atoms with Crippen LogP contribution < -0.4 is 4.90 Å². The van der Waals surface area contributed by atoms with E-state index in [1.165, 1.54) is 12.3 Å². The monoisotopic (exact) mass is 347 g/mol. The van der Waals surface area contributed by atoms with E-state index in [-0.39, 0.29) is 11.6 Å². The third kappa shape index (κ3) is 3.66. The molecular weight excluding hydrogens is 330 g/mol. The Balaban J connectivity index is 1.60. The summed E-state index contributed by atoms with van der Waals surface area (Å²) in [5.41, 5.74) is 0.873. The number of aromatic nitrogens is 1. The lowest BCUT2D eigenvalue weighted by Gasteiger charge is -2.35. The van der Waals surface area contributed by atoms with Crippen molar-refractivity contribution in [2.24, 2.45) is 5.92 Å². The zero-order valence-electron chi connectivity index (χ0n) is 13.0. The molecule has 1 fully saturated rings. The molecule has 1 aromatic heterocycles. The Morgan fingerprint density at radius 1 is 1.21 bits per heavy atom. The fourth-order valence-corrected chi connectivity index (χ4v) is 3.18. The maximum atomic E-state index is 10.7. The molecule has 7 heteroatoms. The fourth-order valence-electron chi connectivity index (χ4n) is 3.05. The zero-order valence-corrected chi connectivity index (χ0v) is 13.8. The Kier molecular flexibility index (Phi) is 4.97. The van der Waals surface area contributed by atoms with Crippen LogP contribution in [0.2, 0.25) is 5.02 Å². The normalized spacial score (nSPS) is 16.8. The Labute approximate surface area is 144 Å². The third-order valence-corrected chi connectivity index (χ3v) is 4.72. The number of halogens is 1. The SMILES string of the molecule is O=[N+]([O-])c1ccc(N2CCC(C(O)c3ccc(Cl)cc3)CC2)nc1. The average Bonchev–Trinajstić information content (AvgIpc) is 2.62. The van der Waals surface area contributed by atoms with Gasteiger partial charge in [0.15, 0.2) is 0 Å². The molecule has 3 rings (SSSR count). The number of pyridine rings is 1. The highest BCUT2D eigenvalue weighted by atomic mass is 35.5. The number of benzene rings is 1. The molecule has 0 aliphatic carbocycles. The van der Waals surface area contributed by atoms with Gasteiger partial charge in [-0.15, -0.1) is 0 Å². The van der Waals surface area contributed by atoms with Crippen LogP contribution in [0.1, 0.15) is 24.5 Å². The van der Waals surface area contributed by atoms with Crippen molar-refractivity contribution in [3.8, 4) is 0 Å². The molecule has 0 radical (unpaired) electrons. The van der Waals surface area contributed by atoms with E-state index in [4.69, 9.17) is 11.6 Å². The van der Waals surface area contributed by atoms with Gasteiger partial charge in [-0.05, 0) is 42.5 Å². The van der Waals surface area contributed by atoms with Crippen LogP contribution in [0.5, 0.6) is 0 Å². The highest BCUT2D eigenvalue weighted by Crippen LogP contribution is 2.32. The van der Waals surface area contributed by atoms with E-state index in [0.29, 0.717) is 5.02 Å². The molecule has 0 saturated carbocycles. The smallest absolute Gasteiger partial charge is 0.287 e. The van der Waals surface area contributed by atoms with Gasteiger partial charge in [-0.25, -0.2) is 4.98 Å². The molecule has 1 unspecified atom stereocenters. The van der Waals surface area contributed by atoms with Gasteiger partial charge in [-0.1, -0.05) is 23.7 Å². The number of aliphatic hydroxyl groups excluding tert-OH is 1. The zero-order chi connectivity index (χ0) is 17.1. The summed E-state index contributed by atoms with van der Waals surface area (Å²) in [6.45, 7) is 1.53. The molecule has 1 aliphatic rings. The Bertz CT molecular complexity index is 698. The molecule has 24 heavy (non-hydrogen) atoms. The number of piperidine rings is 1. The van der Waals surface area contributed by atoms with E-state index in [2.05, 4.69) is 9.88 Å². The Morgan fingerprint density at radius 3 is 2.42 bits per heavy atom. The first-order valence-corrected chi connectivity index (χ1v) is 8.21. The van der Waals surface area contributed by atoms with E-state index < -0.39 is 11.0 Å². The predicted octanol–water partition coefficient (Wildman–Crippen LogP) is 3.59. The molecule has 1 N–H and O–H groups in total. The minimum atomic E-state index is -0.505. The molecule has 0 bridgehead atoms. The molecule has 0 amide bonds. The third-order valence-electron chi connectivity index (χ3n) is 4.46.